The van der Waals surface area contributed by atoms with Crippen molar-refractivity contribution in [2.24, 2.45) is 11.7 Å². The van der Waals surface area contributed by atoms with Crippen LogP contribution in [0.3, 0.4) is 0 Å². The highest BCUT2D eigenvalue weighted by atomic mass is 16.5. The average Bonchev–Trinajstić information content (AvgIpc) is 3.05. The molecule has 0 aromatic heterocycles. The molecule has 0 aromatic rings. The summed E-state index contributed by atoms with van der Waals surface area (Å²) in [6.45, 7) is 4.00. The molecule has 1 fully saturated rings. The predicted octanol–water partition coefficient (Wildman–Crippen LogP) is -1.69. The van der Waals surface area contributed by atoms with E-state index in [-0.39, 0.29) is 69.7 Å². The number of likely N-dealkylation sites (tertiary alicyclic amines) is 1. The Morgan fingerprint density at radius 2 is 1.73 bits per heavy atom. The molecule has 6 amide bonds. The van der Waals surface area contributed by atoms with E-state index in [1.54, 1.807) is 13.8 Å². The van der Waals surface area contributed by atoms with E-state index in [0.717, 1.165) is 4.90 Å². The van der Waals surface area contributed by atoms with Gasteiger partial charge in [-0.15, -0.1) is 0 Å². The van der Waals surface area contributed by atoms with Crippen molar-refractivity contribution in [1.29, 1.82) is 0 Å². The van der Waals surface area contributed by atoms with Gasteiger partial charge >= 0.3 is 6.03 Å². The summed E-state index contributed by atoms with van der Waals surface area (Å²) in [4.78, 5) is 71.4. The molecule has 1 aliphatic rings. The van der Waals surface area contributed by atoms with Gasteiger partial charge < -0.3 is 31.2 Å². The number of rotatable bonds is 15. The molecule has 0 aromatic carbocycles. The summed E-state index contributed by atoms with van der Waals surface area (Å²) in [7, 11) is 5.35. The Morgan fingerprint density at radius 1 is 1.09 bits per heavy atom. The van der Waals surface area contributed by atoms with Gasteiger partial charge in [-0.25, -0.2) is 4.79 Å². The number of hydrogen-bond donors (Lipinski definition) is 4. The van der Waals surface area contributed by atoms with Crippen molar-refractivity contribution in [3.05, 3.63) is 0 Å². The Hall–Kier alpha value is -2.96. The van der Waals surface area contributed by atoms with Crippen molar-refractivity contribution in [2.75, 3.05) is 26.3 Å². The normalized spacial score (nSPS) is 15.3. The van der Waals surface area contributed by atoms with Crippen LogP contribution in [-0.2, 0) is 28.7 Å². The van der Waals surface area contributed by atoms with Gasteiger partial charge in [-0.1, -0.05) is 13.8 Å². The van der Waals surface area contributed by atoms with Gasteiger partial charge in [0.2, 0.25) is 23.6 Å². The first-order chi connectivity index (χ1) is 15.5. The maximum Gasteiger partial charge on any atom is 0.312 e. The summed E-state index contributed by atoms with van der Waals surface area (Å²) in [5.41, 5.74) is 4.23. The molecule has 1 rings (SSSR count). The Balaban J connectivity index is 2.42. The lowest BCUT2D eigenvalue weighted by Gasteiger charge is -2.25. The quantitative estimate of drug-likeness (QED) is 0.127. The standard InChI is InChI=1S/C20H32BN5O7/c1-12(2)17(19(31)24-13(18(21)30)4-3-8-23-20(22)32)25-14(27)7-10-33-11-9-26-15(28)5-6-16(26)29/h12-13,17H,3-11H2,1-2H3,(H,24,31)(H,25,27)(H3,22,23,32)/t13-,17?/m0/s1. The fraction of sp³-hybridized carbons (Fsp3) is 0.700. The van der Waals surface area contributed by atoms with Crippen molar-refractivity contribution in [2.45, 2.75) is 58.0 Å². The lowest BCUT2D eigenvalue weighted by molar-refractivity contribution is -0.139. The predicted molar refractivity (Wildman–Crippen MR) is 118 cm³/mol. The second-order valence-electron chi connectivity index (χ2n) is 7.99. The Bertz CT molecular complexity index is 730. The lowest BCUT2D eigenvalue weighted by Crippen LogP contribution is -2.54. The van der Waals surface area contributed by atoms with Crippen LogP contribution in [0.1, 0.15) is 46.0 Å². The Morgan fingerprint density at radius 3 is 2.27 bits per heavy atom. The summed E-state index contributed by atoms with van der Waals surface area (Å²) in [6, 6.07) is -2.56. The number of imide groups is 1. The first kappa shape index (κ1) is 28.1. The Kier molecular flexibility index (Phi) is 12.1. The van der Waals surface area contributed by atoms with Crippen LogP contribution < -0.4 is 21.7 Å². The third kappa shape index (κ3) is 10.5. The van der Waals surface area contributed by atoms with Gasteiger partial charge in [-0.3, -0.25) is 24.1 Å². The van der Waals surface area contributed by atoms with Gasteiger partial charge in [0.05, 0.1) is 31.5 Å². The molecule has 0 saturated carbocycles. The van der Waals surface area contributed by atoms with Crippen LogP contribution in [0, 0.1) is 5.92 Å². The molecule has 1 unspecified atom stereocenters. The van der Waals surface area contributed by atoms with E-state index in [1.165, 1.54) is 0 Å². The number of nitrogens with zero attached hydrogens (tertiary/aromatic N) is 1. The summed E-state index contributed by atoms with van der Waals surface area (Å²) in [5.74, 6) is -1.72. The zero-order valence-electron chi connectivity index (χ0n) is 19.1. The van der Waals surface area contributed by atoms with E-state index < -0.39 is 35.6 Å². The van der Waals surface area contributed by atoms with Crippen molar-refractivity contribution < 1.29 is 33.5 Å². The number of nitrogens with two attached hydrogens (primary N) is 1. The zero-order valence-corrected chi connectivity index (χ0v) is 19.1. The van der Waals surface area contributed by atoms with Gasteiger partial charge in [0.1, 0.15) is 6.04 Å². The molecule has 1 saturated heterocycles. The van der Waals surface area contributed by atoms with Crippen LogP contribution >= 0.6 is 0 Å². The number of hydrogen-bond acceptors (Lipinski definition) is 7. The first-order valence-corrected chi connectivity index (χ1v) is 10.9. The summed E-state index contributed by atoms with van der Waals surface area (Å²) < 4.78 is 5.33. The van der Waals surface area contributed by atoms with Crippen LogP contribution in [0.2, 0.25) is 0 Å². The molecule has 2 atom stereocenters. The highest BCUT2D eigenvalue weighted by Crippen LogP contribution is 2.10. The summed E-state index contributed by atoms with van der Waals surface area (Å²) in [6.07, 6.45) is 0.940. The third-order valence-corrected chi connectivity index (χ3v) is 4.98. The van der Waals surface area contributed by atoms with Crippen molar-refractivity contribution in [1.82, 2.24) is 20.9 Å². The first-order valence-electron chi connectivity index (χ1n) is 10.9. The number of carbonyl (C=O) groups excluding carboxylic acids is 6. The molecule has 1 heterocycles. The van der Waals surface area contributed by atoms with E-state index in [4.69, 9.17) is 18.3 Å². The average molecular weight is 465 g/mol. The molecule has 182 valence electrons. The van der Waals surface area contributed by atoms with Gasteiger partial charge in [0, 0.05) is 25.8 Å². The topological polar surface area (TPSA) is 177 Å². The second kappa shape index (κ2) is 14.2. The highest BCUT2D eigenvalue weighted by molar-refractivity contribution is 6.59. The molecule has 2 radical (unpaired) electrons. The minimum Gasteiger partial charge on any atom is -0.379 e. The van der Waals surface area contributed by atoms with Crippen LogP contribution in [0.15, 0.2) is 0 Å². The van der Waals surface area contributed by atoms with Gasteiger partial charge in [0.15, 0.2) is 7.85 Å². The Labute approximate surface area is 194 Å². The molecule has 1 aliphatic heterocycles. The molecule has 0 spiro atoms. The fourth-order valence-electron chi connectivity index (χ4n) is 3.14. The summed E-state index contributed by atoms with van der Waals surface area (Å²) in [5, 5.41) is 7.53. The minimum atomic E-state index is -0.968. The van der Waals surface area contributed by atoms with E-state index >= 15 is 0 Å². The fourth-order valence-corrected chi connectivity index (χ4v) is 3.14. The number of amides is 6. The third-order valence-electron chi connectivity index (χ3n) is 4.98. The molecule has 0 aliphatic carbocycles. The van der Waals surface area contributed by atoms with E-state index in [2.05, 4.69) is 16.0 Å². The monoisotopic (exact) mass is 465 g/mol. The maximum atomic E-state index is 12.6. The molecule has 33 heavy (non-hydrogen) atoms. The van der Waals surface area contributed by atoms with E-state index in [1.807, 2.05) is 0 Å². The van der Waals surface area contributed by atoms with E-state index in [0.29, 0.717) is 6.42 Å². The largest absolute Gasteiger partial charge is 0.379 e. The smallest absolute Gasteiger partial charge is 0.312 e. The maximum absolute atomic E-state index is 12.6. The number of primary amides is 1. The molecule has 0 bridgehead atoms. The molecular weight excluding hydrogens is 433 g/mol. The van der Waals surface area contributed by atoms with Gasteiger partial charge in [0.25, 0.3) is 0 Å². The number of nitrogens with one attached hydrogen (secondary N) is 3. The van der Waals surface area contributed by atoms with Crippen LogP contribution in [0.4, 0.5) is 4.79 Å². The second-order valence-corrected chi connectivity index (χ2v) is 7.99. The molecular formula is C20H32BN5O7. The highest BCUT2D eigenvalue weighted by Gasteiger charge is 2.29. The number of carbonyl (C=O) groups is 6. The van der Waals surface area contributed by atoms with Crippen LogP contribution in [-0.4, -0.2) is 86.5 Å². The van der Waals surface area contributed by atoms with Crippen molar-refractivity contribution in [3.63, 3.8) is 0 Å². The zero-order chi connectivity index (χ0) is 25.0. The number of ether oxygens (including phenoxy) is 1. The molecule has 12 nitrogen and oxygen atoms in total. The van der Waals surface area contributed by atoms with Crippen molar-refractivity contribution >= 4 is 43.2 Å². The lowest BCUT2D eigenvalue weighted by atomic mass is 9.91. The van der Waals surface area contributed by atoms with E-state index in [9.17, 15) is 28.8 Å². The van der Waals surface area contributed by atoms with Gasteiger partial charge in [-0.05, 0) is 18.8 Å². The van der Waals surface area contributed by atoms with Crippen LogP contribution in [0.5, 0.6) is 0 Å². The minimum absolute atomic E-state index is 0.0313. The number of urea groups is 1. The summed E-state index contributed by atoms with van der Waals surface area (Å²) >= 11 is 0. The van der Waals surface area contributed by atoms with Gasteiger partial charge in [-0.2, -0.15) is 0 Å². The molecule has 5 N–H and O–H groups in total. The van der Waals surface area contributed by atoms with Crippen LogP contribution in [0.25, 0.3) is 0 Å². The van der Waals surface area contributed by atoms with Crippen molar-refractivity contribution in [3.8, 4) is 0 Å². The SMILES string of the molecule is [B]C(=O)[C@H](CCCNC(N)=O)NC(=O)C(NC(=O)CCOCCN1C(=O)CCC1=O)C(C)C. The molecule has 13 heteroatoms.